The fraction of sp³-hybridized carbons (Fsp3) is 0.231. The van der Waals surface area contributed by atoms with Gasteiger partial charge >= 0.3 is 12.1 Å². The van der Waals surface area contributed by atoms with E-state index in [0.29, 0.717) is 11.1 Å². The summed E-state index contributed by atoms with van der Waals surface area (Å²) in [7, 11) is 0. The molecule has 0 saturated carbocycles. The normalized spacial score (nSPS) is 9.68. The van der Waals surface area contributed by atoms with Crippen molar-refractivity contribution in [2.24, 2.45) is 0 Å². The zero-order valence-electron chi connectivity index (χ0n) is 10.3. The van der Waals surface area contributed by atoms with E-state index >= 15 is 0 Å². The number of phenols is 1. The second-order valence-electron chi connectivity index (χ2n) is 3.77. The molecule has 6 heteroatoms. The molecule has 3 N–H and O–H groups in total. The first-order valence-electron chi connectivity index (χ1n) is 5.57. The monoisotopic (exact) mass is 265 g/mol. The van der Waals surface area contributed by atoms with Crippen LogP contribution in [-0.2, 0) is 22.5 Å². The number of carboxylic acid groups (broad SMARTS) is 1. The Bertz CT molecular complexity index is 484. The van der Waals surface area contributed by atoms with Crippen LogP contribution in [-0.4, -0.2) is 28.9 Å². The maximum absolute atomic E-state index is 11.2. The van der Waals surface area contributed by atoms with E-state index in [-0.39, 0.29) is 25.3 Å². The highest BCUT2D eigenvalue weighted by Crippen LogP contribution is 2.19. The van der Waals surface area contributed by atoms with Gasteiger partial charge in [0.1, 0.15) is 12.4 Å². The molecule has 19 heavy (non-hydrogen) atoms. The fourth-order valence-electron chi connectivity index (χ4n) is 1.39. The van der Waals surface area contributed by atoms with Crippen LogP contribution in [0.15, 0.2) is 30.9 Å². The lowest BCUT2D eigenvalue weighted by atomic mass is 10.1. The quantitative estimate of drug-likeness (QED) is 0.676. The standard InChI is InChI=1S/C13H15NO5/c1-2-5-19-13(18)14-8-9-3-4-10(7-12(16)17)11(15)6-9/h2-4,6,15H,1,5,7-8H2,(H,14,18)(H,16,17). The molecule has 0 atom stereocenters. The number of hydrogen-bond acceptors (Lipinski definition) is 4. The van der Waals surface area contributed by atoms with Gasteiger partial charge in [-0.15, -0.1) is 0 Å². The van der Waals surface area contributed by atoms with Gasteiger partial charge in [-0.25, -0.2) is 4.79 Å². The van der Waals surface area contributed by atoms with Crippen molar-refractivity contribution in [2.45, 2.75) is 13.0 Å². The molecule has 0 radical (unpaired) electrons. The molecule has 1 aromatic rings. The van der Waals surface area contributed by atoms with E-state index in [1.54, 1.807) is 6.07 Å². The van der Waals surface area contributed by atoms with Gasteiger partial charge < -0.3 is 20.3 Å². The van der Waals surface area contributed by atoms with E-state index in [1.165, 1.54) is 18.2 Å². The molecule has 0 heterocycles. The molecule has 0 aliphatic carbocycles. The maximum Gasteiger partial charge on any atom is 0.407 e. The largest absolute Gasteiger partial charge is 0.508 e. The van der Waals surface area contributed by atoms with Crippen molar-refractivity contribution in [3.05, 3.63) is 42.0 Å². The Balaban J connectivity index is 2.56. The topological polar surface area (TPSA) is 95.9 Å². The van der Waals surface area contributed by atoms with E-state index in [4.69, 9.17) is 9.84 Å². The van der Waals surface area contributed by atoms with E-state index in [1.807, 2.05) is 0 Å². The first-order valence-corrected chi connectivity index (χ1v) is 5.57. The number of carbonyl (C=O) groups is 2. The molecule has 1 amide bonds. The van der Waals surface area contributed by atoms with Crippen LogP contribution in [0.3, 0.4) is 0 Å². The summed E-state index contributed by atoms with van der Waals surface area (Å²) < 4.78 is 4.71. The van der Waals surface area contributed by atoms with E-state index in [9.17, 15) is 14.7 Å². The van der Waals surface area contributed by atoms with Crippen LogP contribution in [0.1, 0.15) is 11.1 Å². The van der Waals surface area contributed by atoms with Crippen molar-refractivity contribution < 1.29 is 24.5 Å². The summed E-state index contributed by atoms with van der Waals surface area (Å²) in [4.78, 5) is 21.7. The molecule has 1 rings (SSSR count). The first kappa shape index (κ1) is 14.6. The van der Waals surface area contributed by atoms with Crippen LogP contribution in [0, 0.1) is 0 Å². The number of rotatable bonds is 6. The number of ether oxygens (including phenoxy) is 1. The highest BCUT2D eigenvalue weighted by molar-refractivity contribution is 5.71. The molecular weight excluding hydrogens is 250 g/mol. The number of benzene rings is 1. The Hall–Kier alpha value is -2.50. The highest BCUT2D eigenvalue weighted by Gasteiger charge is 2.07. The molecule has 0 aliphatic rings. The van der Waals surface area contributed by atoms with E-state index in [0.717, 1.165) is 0 Å². The molecule has 0 aromatic heterocycles. The summed E-state index contributed by atoms with van der Waals surface area (Å²) in [5, 5.41) is 20.7. The summed E-state index contributed by atoms with van der Waals surface area (Å²) in [6.45, 7) is 3.71. The van der Waals surface area contributed by atoms with Gasteiger partial charge in [0.2, 0.25) is 0 Å². The van der Waals surface area contributed by atoms with Crippen molar-refractivity contribution >= 4 is 12.1 Å². The Labute approximate surface area is 110 Å². The van der Waals surface area contributed by atoms with Gasteiger partial charge in [-0.2, -0.15) is 0 Å². The van der Waals surface area contributed by atoms with E-state index < -0.39 is 12.1 Å². The second-order valence-corrected chi connectivity index (χ2v) is 3.77. The third kappa shape index (κ3) is 5.12. The van der Waals surface area contributed by atoms with Crippen LogP contribution < -0.4 is 5.32 Å². The SMILES string of the molecule is C=CCOC(=O)NCc1ccc(CC(=O)O)c(O)c1. The molecule has 0 fully saturated rings. The molecule has 0 unspecified atom stereocenters. The summed E-state index contributed by atoms with van der Waals surface area (Å²) in [5.74, 6) is -1.13. The van der Waals surface area contributed by atoms with Gasteiger partial charge in [0, 0.05) is 12.1 Å². The van der Waals surface area contributed by atoms with Gasteiger partial charge in [-0.05, 0) is 11.6 Å². The number of amides is 1. The number of hydrogen-bond donors (Lipinski definition) is 3. The molecule has 0 bridgehead atoms. The van der Waals surface area contributed by atoms with Crippen LogP contribution >= 0.6 is 0 Å². The molecule has 0 saturated heterocycles. The number of aliphatic carboxylic acids is 1. The average Bonchev–Trinajstić information content (AvgIpc) is 2.36. The average molecular weight is 265 g/mol. The Morgan fingerprint density at radius 1 is 1.42 bits per heavy atom. The van der Waals surface area contributed by atoms with Gasteiger partial charge in [0.15, 0.2) is 0 Å². The first-order chi connectivity index (χ1) is 9.02. The lowest BCUT2D eigenvalue weighted by Crippen LogP contribution is -2.23. The van der Waals surface area contributed by atoms with Crippen molar-refractivity contribution in [3.8, 4) is 5.75 Å². The summed E-state index contributed by atoms with van der Waals surface area (Å²) in [5.41, 5.74) is 0.965. The van der Waals surface area contributed by atoms with E-state index in [2.05, 4.69) is 11.9 Å². The van der Waals surface area contributed by atoms with Crippen LogP contribution in [0.5, 0.6) is 5.75 Å². The third-order valence-corrected chi connectivity index (χ3v) is 2.26. The minimum atomic E-state index is -1.02. The van der Waals surface area contributed by atoms with Crippen LogP contribution in [0.2, 0.25) is 0 Å². The number of nitrogens with one attached hydrogen (secondary N) is 1. The highest BCUT2D eigenvalue weighted by atomic mass is 16.5. The third-order valence-electron chi connectivity index (χ3n) is 2.26. The number of alkyl carbamates (subject to hydrolysis) is 1. The summed E-state index contributed by atoms with van der Waals surface area (Å²) in [6, 6.07) is 4.55. The zero-order valence-corrected chi connectivity index (χ0v) is 10.3. The number of carbonyl (C=O) groups excluding carboxylic acids is 1. The van der Waals surface area contributed by atoms with Crippen molar-refractivity contribution in [1.29, 1.82) is 0 Å². The Morgan fingerprint density at radius 2 is 2.16 bits per heavy atom. The van der Waals surface area contributed by atoms with Crippen molar-refractivity contribution in [1.82, 2.24) is 5.32 Å². The predicted octanol–water partition coefficient (Wildman–Crippen LogP) is 1.43. The minimum absolute atomic E-state index is 0.110. The van der Waals surface area contributed by atoms with Crippen LogP contribution in [0.4, 0.5) is 4.79 Å². The number of aromatic hydroxyl groups is 1. The number of phenolic OH excluding ortho intramolecular Hbond substituents is 1. The molecule has 1 aromatic carbocycles. The molecule has 6 nitrogen and oxygen atoms in total. The lowest BCUT2D eigenvalue weighted by Gasteiger charge is -2.07. The Kier molecular flexibility index (Phi) is 5.40. The fourth-order valence-corrected chi connectivity index (χ4v) is 1.39. The maximum atomic E-state index is 11.2. The van der Waals surface area contributed by atoms with Crippen molar-refractivity contribution in [2.75, 3.05) is 6.61 Å². The number of carboxylic acids is 1. The van der Waals surface area contributed by atoms with Crippen molar-refractivity contribution in [3.63, 3.8) is 0 Å². The summed E-state index contributed by atoms with van der Waals surface area (Å²) in [6.07, 6.45) is 0.613. The van der Waals surface area contributed by atoms with Crippen LogP contribution in [0.25, 0.3) is 0 Å². The van der Waals surface area contributed by atoms with Gasteiger partial charge in [0.25, 0.3) is 0 Å². The molecule has 102 valence electrons. The van der Waals surface area contributed by atoms with Gasteiger partial charge in [-0.1, -0.05) is 24.8 Å². The Morgan fingerprint density at radius 3 is 2.74 bits per heavy atom. The molecular formula is C13H15NO5. The molecule has 0 aliphatic heterocycles. The lowest BCUT2D eigenvalue weighted by molar-refractivity contribution is -0.136. The second kappa shape index (κ2) is 7.05. The molecule has 0 spiro atoms. The minimum Gasteiger partial charge on any atom is -0.508 e. The van der Waals surface area contributed by atoms with Gasteiger partial charge in [0.05, 0.1) is 6.42 Å². The van der Waals surface area contributed by atoms with Gasteiger partial charge in [-0.3, -0.25) is 4.79 Å². The predicted molar refractivity (Wildman–Crippen MR) is 67.8 cm³/mol. The zero-order chi connectivity index (χ0) is 14.3. The smallest absolute Gasteiger partial charge is 0.407 e. The summed E-state index contributed by atoms with van der Waals surface area (Å²) >= 11 is 0.